The molecule has 0 unspecified atom stereocenters. The highest BCUT2D eigenvalue weighted by molar-refractivity contribution is 9.24. The first-order valence-electron chi connectivity index (χ1n) is 4.10. The summed E-state index contributed by atoms with van der Waals surface area (Å²) in [5, 5.41) is 0. The smallest absolute Gasteiger partial charge is 0.0711 e. The van der Waals surface area contributed by atoms with Gasteiger partial charge in [-0.1, -0.05) is 63.7 Å². The van der Waals surface area contributed by atoms with Crippen molar-refractivity contribution in [3.63, 3.8) is 0 Å². The lowest BCUT2D eigenvalue weighted by molar-refractivity contribution is 1.18. The lowest BCUT2D eigenvalue weighted by Gasteiger charge is -2.17. The van der Waals surface area contributed by atoms with Gasteiger partial charge >= 0.3 is 0 Å². The van der Waals surface area contributed by atoms with Crippen LogP contribution in [0.3, 0.4) is 0 Å². The highest BCUT2D eigenvalue weighted by Gasteiger charge is 2.17. The summed E-state index contributed by atoms with van der Waals surface area (Å²) in [5.41, 5.74) is 5.08. The van der Waals surface area contributed by atoms with Gasteiger partial charge in [0.1, 0.15) is 0 Å². The quantitative estimate of drug-likeness (QED) is 0.466. The Morgan fingerprint density at radius 1 is 0.786 bits per heavy atom. The van der Waals surface area contributed by atoms with Gasteiger partial charge in [0.25, 0.3) is 0 Å². The summed E-state index contributed by atoms with van der Waals surface area (Å²) in [7, 11) is 0. The molecule has 78 valence electrons. The predicted molar refractivity (Wildman–Crippen MR) is 76.6 cm³/mol. The van der Waals surface area contributed by atoms with Gasteiger partial charge < -0.3 is 0 Å². The van der Waals surface area contributed by atoms with Gasteiger partial charge in [-0.05, 0) is 43.0 Å². The minimum Gasteiger partial charge on any atom is -0.0711 e. The molecule has 0 bridgehead atoms. The summed E-state index contributed by atoms with van der Waals surface area (Å²) in [6.45, 7) is 6.36. The first kappa shape index (κ1) is 13.2. The third-order valence-corrected chi connectivity index (χ3v) is 5.54. The zero-order valence-electron chi connectivity index (χ0n) is 8.09. The lowest BCUT2D eigenvalue weighted by Crippen LogP contribution is -1.97. The second-order valence-electron chi connectivity index (χ2n) is 3.22. The van der Waals surface area contributed by atoms with Crippen LogP contribution in [-0.4, -0.2) is 0 Å². The molecule has 0 saturated carbocycles. The summed E-state index contributed by atoms with van der Waals surface area (Å²) in [6, 6.07) is 0. The van der Waals surface area contributed by atoms with Crippen LogP contribution in [0.1, 0.15) is 26.0 Å². The summed E-state index contributed by atoms with van der Waals surface area (Å²) in [4.78, 5) is 0. The topological polar surface area (TPSA) is 0 Å². The van der Waals surface area contributed by atoms with Crippen LogP contribution in [0.4, 0.5) is 0 Å². The van der Waals surface area contributed by atoms with Crippen molar-refractivity contribution in [1.29, 1.82) is 0 Å². The molecule has 0 amide bonds. The maximum atomic E-state index is 3.64. The summed E-state index contributed by atoms with van der Waals surface area (Å²) in [6.07, 6.45) is 0. The van der Waals surface area contributed by atoms with Crippen molar-refractivity contribution in [2.24, 2.45) is 0 Å². The van der Waals surface area contributed by atoms with E-state index in [9.17, 15) is 0 Å². The Morgan fingerprint density at radius 2 is 1.21 bits per heavy atom. The molecule has 0 saturated heterocycles. The molecule has 0 aliphatic carbocycles. The average Bonchev–Trinajstić information content (AvgIpc) is 2.11. The van der Waals surface area contributed by atoms with E-state index in [4.69, 9.17) is 0 Å². The lowest BCUT2D eigenvalue weighted by atomic mass is 10.0. The summed E-state index contributed by atoms with van der Waals surface area (Å²) < 4.78 is 2.55. The van der Waals surface area contributed by atoms with Crippen LogP contribution >= 0.6 is 63.7 Å². The van der Waals surface area contributed by atoms with Gasteiger partial charge in [0.15, 0.2) is 0 Å². The van der Waals surface area contributed by atoms with Gasteiger partial charge in [0.05, 0.1) is 3.74 Å². The molecule has 4 heteroatoms. The second kappa shape index (κ2) is 4.98. The zero-order valence-corrected chi connectivity index (χ0v) is 14.4. The predicted octanol–water partition coefficient (Wildman–Crippen LogP) is 5.93. The summed E-state index contributed by atoms with van der Waals surface area (Å²) in [5.74, 6) is 0. The molecule has 1 aromatic carbocycles. The molecule has 0 spiro atoms. The molecule has 0 fully saturated rings. The highest BCUT2D eigenvalue weighted by Crippen LogP contribution is 2.42. The van der Waals surface area contributed by atoms with E-state index in [1.807, 2.05) is 0 Å². The van der Waals surface area contributed by atoms with Crippen LogP contribution in [0.2, 0.25) is 0 Å². The van der Waals surface area contributed by atoms with E-state index in [0.29, 0.717) is 0 Å². The van der Waals surface area contributed by atoms with Crippen LogP contribution in [-0.2, 0) is 0 Å². The SMILES string of the molecule is Cc1c(C)c(Br)c(C(Br)Br)c(C)c1Br. The van der Waals surface area contributed by atoms with Gasteiger partial charge in [-0.2, -0.15) is 0 Å². The van der Waals surface area contributed by atoms with Crippen LogP contribution < -0.4 is 0 Å². The second-order valence-corrected chi connectivity index (χ2v) is 7.86. The molecule has 1 rings (SSSR count). The largest absolute Gasteiger partial charge is 0.0960 e. The minimum atomic E-state index is 0.181. The first-order valence-corrected chi connectivity index (χ1v) is 7.52. The number of rotatable bonds is 1. The van der Waals surface area contributed by atoms with Crippen molar-refractivity contribution in [3.8, 4) is 0 Å². The number of benzene rings is 1. The number of hydrogen-bond acceptors (Lipinski definition) is 0. The van der Waals surface area contributed by atoms with Crippen molar-refractivity contribution >= 4 is 63.7 Å². The highest BCUT2D eigenvalue weighted by atomic mass is 79.9. The molecular weight excluding hydrogens is 440 g/mol. The fourth-order valence-corrected chi connectivity index (χ4v) is 4.45. The van der Waals surface area contributed by atoms with E-state index in [1.165, 1.54) is 31.2 Å². The Hall–Kier alpha value is 1.14. The van der Waals surface area contributed by atoms with Gasteiger partial charge in [-0.25, -0.2) is 0 Å². The van der Waals surface area contributed by atoms with Crippen LogP contribution in [0.5, 0.6) is 0 Å². The molecule has 0 heterocycles. The van der Waals surface area contributed by atoms with Crippen LogP contribution in [0.25, 0.3) is 0 Å². The van der Waals surface area contributed by atoms with E-state index in [2.05, 4.69) is 84.5 Å². The van der Waals surface area contributed by atoms with Gasteiger partial charge in [-0.15, -0.1) is 0 Å². The number of hydrogen-bond donors (Lipinski definition) is 0. The van der Waals surface area contributed by atoms with Crippen LogP contribution in [0.15, 0.2) is 8.95 Å². The van der Waals surface area contributed by atoms with Crippen molar-refractivity contribution in [3.05, 3.63) is 31.2 Å². The Balaban J connectivity index is 3.60. The van der Waals surface area contributed by atoms with Gasteiger partial charge in [0, 0.05) is 8.95 Å². The van der Waals surface area contributed by atoms with E-state index < -0.39 is 0 Å². The molecule has 1 aromatic rings. The molecule has 0 N–H and O–H groups in total. The summed E-state index contributed by atoms with van der Waals surface area (Å²) >= 11 is 14.3. The van der Waals surface area contributed by atoms with Crippen molar-refractivity contribution in [2.75, 3.05) is 0 Å². The molecular formula is C10H10Br4. The molecule has 0 aromatic heterocycles. The first-order chi connectivity index (χ1) is 6.37. The van der Waals surface area contributed by atoms with Gasteiger partial charge in [0.2, 0.25) is 0 Å². The van der Waals surface area contributed by atoms with Crippen molar-refractivity contribution in [2.45, 2.75) is 24.5 Å². The molecule has 0 radical (unpaired) electrons. The average molecular weight is 450 g/mol. The molecule has 0 aliphatic rings. The third kappa shape index (κ3) is 2.28. The van der Waals surface area contributed by atoms with Crippen molar-refractivity contribution in [1.82, 2.24) is 0 Å². The zero-order chi connectivity index (χ0) is 11.0. The molecule has 14 heavy (non-hydrogen) atoms. The third-order valence-electron chi connectivity index (χ3n) is 2.41. The van der Waals surface area contributed by atoms with Gasteiger partial charge in [-0.3, -0.25) is 0 Å². The van der Waals surface area contributed by atoms with Crippen molar-refractivity contribution < 1.29 is 0 Å². The minimum absolute atomic E-state index is 0.181. The molecule has 0 atom stereocenters. The fraction of sp³-hybridized carbons (Fsp3) is 0.400. The Bertz CT molecular complexity index is 340. The monoisotopic (exact) mass is 446 g/mol. The van der Waals surface area contributed by atoms with Crippen LogP contribution in [0, 0.1) is 20.8 Å². The standard InChI is InChI=1S/C10H10Br4/c1-4-5(2)9(12)7(10(13)14)6(3)8(4)11/h10H,1-3H3. The molecule has 0 aliphatic heterocycles. The number of halogens is 4. The fourth-order valence-electron chi connectivity index (χ4n) is 1.35. The normalized spacial score (nSPS) is 11.1. The van der Waals surface area contributed by atoms with E-state index in [-0.39, 0.29) is 3.74 Å². The van der Waals surface area contributed by atoms with E-state index >= 15 is 0 Å². The Morgan fingerprint density at radius 3 is 1.64 bits per heavy atom. The Kier molecular flexibility index (Phi) is 4.70. The molecule has 0 nitrogen and oxygen atoms in total. The Labute approximate surface area is 118 Å². The maximum absolute atomic E-state index is 3.64. The van der Waals surface area contributed by atoms with E-state index in [0.717, 1.165) is 0 Å². The van der Waals surface area contributed by atoms with E-state index in [1.54, 1.807) is 0 Å². The maximum Gasteiger partial charge on any atom is 0.0960 e. The number of alkyl halides is 2.